The zero-order valence-corrected chi connectivity index (χ0v) is 13.5. The molecule has 0 fully saturated rings. The van der Waals surface area contributed by atoms with Crippen molar-refractivity contribution in [2.24, 2.45) is 0 Å². The van der Waals surface area contributed by atoms with Crippen LogP contribution in [0.25, 0.3) is 0 Å². The second-order valence-electron chi connectivity index (χ2n) is 5.50. The molecule has 0 heterocycles. The largest absolute Gasteiger partial charge is 0.362 e. The van der Waals surface area contributed by atoms with E-state index < -0.39 is 0 Å². The summed E-state index contributed by atoms with van der Waals surface area (Å²) < 4.78 is 0. The summed E-state index contributed by atoms with van der Waals surface area (Å²) in [6.45, 7) is 11.9. The average Bonchev–Trinajstić information content (AvgIpc) is 2.35. The van der Waals surface area contributed by atoms with Gasteiger partial charge < -0.3 is 10.6 Å². The lowest BCUT2D eigenvalue weighted by Crippen LogP contribution is -2.30. The van der Waals surface area contributed by atoms with Crippen molar-refractivity contribution in [1.82, 2.24) is 5.32 Å². The van der Waals surface area contributed by atoms with Crippen LogP contribution in [0.4, 0.5) is 5.69 Å². The fourth-order valence-corrected chi connectivity index (χ4v) is 2.30. The van der Waals surface area contributed by atoms with E-state index in [-0.39, 0.29) is 0 Å². The van der Waals surface area contributed by atoms with Crippen LogP contribution in [0, 0.1) is 0 Å². The maximum Gasteiger partial charge on any atom is 0.170 e. The van der Waals surface area contributed by atoms with Crippen molar-refractivity contribution in [3.63, 3.8) is 0 Å². The molecule has 2 N–H and O–H groups in total. The normalized spacial score (nSPS) is 10.9. The summed E-state index contributed by atoms with van der Waals surface area (Å²) in [6, 6.07) is 6.50. The van der Waals surface area contributed by atoms with Crippen molar-refractivity contribution in [1.29, 1.82) is 0 Å². The molecule has 2 nitrogen and oxygen atoms in total. The van der Waals surface area contributed by atoms with E-state index in [0.717, 1.165) is 18.1 Å². The summed E-state index contributed by atoms with van der Waals surface area (Å²) in [5.41, 5.74) is 3.83. The summed E-state index contributed by atoms with van der Waals surface area (Å²) in [5, 5.41) is 7.35. The molecule has 0 atom stereocenters. The predicted molar refractivity (Wildman–Crippen MR) is 89.1 cm³/mol. The third kappa shape index (κ3) is 4.50. The van der Waals surface area contributed by atoms with E-state index >= 15 is 0 Å². The van der Waals surface area contributed by atoms with Crippen molar-refractivity contribution in [2.45, 2.75) is 52.9 Å². The molecule has 0 saturated heterocycles. The van der Waals surface area contributed by atoms with Crippen LogP contribution in [0.15, 0.2) is 18.2 Å². The van der Waals surface area contributed by atoms with Gasteiger partial charge in [-0.1, -0.05) is 52.8 Å². The first-order valence-electron chi connectivity index (χ1n) is 7.15. The van der Waals surface area contributed by atoms with Crippen LogP contribution in [0.3, 0.4) is 0 Å². The minimum Gasteiger partial charge on any atom is -0.362 e. The molecule has 0 aliphatic carbocycles. The van der Waals surface area contributed by atoms with Crippen LogP contribution < -0.4 is 10.6 Å². The molecule has 3 heteroatoms. The molecule has 0 amide bonds. The van der Waals surface area contributed by atoms with Crippen molar-refractivity contribution in [3.05, 3.63) is 29.3 Å². The Labute approximate surface area is 123 Å². The van der Waals surface area contributed by atoms with Gasteiger partial charge >= 0.3 is 0 Å². The fraction of sp³-hybridized carbons (Fsp3) is 0.562. The summed E-state index contributed by atoms with van der Waals surface area (Å²) >= 11 is 5.37. The first-order valence-corrected chi connectivity index (χ1v) is 7.55. The molecule has 19 heavy (non-hydrogen) atoms. The maximum atomic E-state index is 5.37. The lowest BCUT2D eigenvalue weighted by atomic mass is 9.93. The van der Waals surface area contributed by atoms with Gasteiger partial charge in [0, 0.05) is 12.2 Å². The van der Waals surface area contributed by atoms with Crippen LogP contribution in [-0.4, -0.2) is 11.7 Å². The van der Waals surface area contributed by atoms with Crippen LogP contribution in [0.1, 0.15) is 64.0 Å². The molecule has 0 spiro atoms. The quantitative estimate of drug-likeness (QED) is 0.768. The fourth-order valence-electron chi connectivity index (χ4n) is 2.09. The predicted octanol–water partition coefficient (Wildman–Crippen LogP) is 4.63. The SMILES string of the molecule is CCCNC(=S)Nc1c(C(C)C)cccc1C(C)C. The lowest BCUT2D eigenvalue weighted by Gasteiger charge is -2.21. The number of nitrogens with one attached hydrogen (secondary N) is 2. The summed E-state index contributed by atoms with van der Waals surface area (Å²) in [5.74, 6) is 0.963. The van der Waals surface area contributed by atoms with Gasteiger partial charge in [0.1, 0.15) is 0 Å². The highest BCUT2D eigenvalue weighted by Gasteiger charge is 2.14. The number of thiocarbonyl (C=S) groups is 1. The van der Waals surface area contributed by atoms with Crippen LogP contribution in [-0.2, 0) is 0 Å². The van der Waals surface area contributed by atoms with Gasteiger partial charge in [-0.2, -0.15) is 0 Å². The first kappa shape index (κ1) is 16.0. The highest BCUT2D eigenvalue weighted by molar-refractivity contribution is 7.80. The van der Waals surface area contributed by atoms with Crippen LogP contribution in [0.5, 0.6) is 0 Å². The highest BCUT2D eigenvalue weighted by Crippen LogP contribution is 2.32. The Morgan fingerprint density at radius 3 is 2.05 bits per heavy atom. The Morgan fingerprint density at radius 1 is 1.11 bits per heavy atom. The van der Waals surface area contributed by atoms with E-state index in [2.05, 4.69) is 63.5 Å². The average molecular weight is 278 g/mol. The number of para-hydroxylation sites is 1. The van der Waals surface area contributed by atoms with Gasteiger partial charge in [-0.3, -0.25) is 0 Å². The molecule has 0 saturated carbocycles. The van der Waals surface area contributed by atoms with Gasteiger partial charge in [0.25, 0.3) is 0 Å². The molecule has 0 aliphatic heterocycles. The zero-order valence-electron chi connectivity index (χ0n) is 12.7. The van der Waals surface area contributed by atoms with E-state index in [1.54, 1.807) is 0 Å². The standard InChI is InChI=1S/C16H26N2S/c1-6-10-17-16(19)18-15-13(11(2)3)8-7-9-14(15)12(4)5/h7-9,11-12H,6,10H2,1-5H3,(H2,17,18,19). The van der Waals surface area contributed by atoms with Crippen LogP contribution >= 0.6 is 12.2 Å². The topological polar surface area (TPSA) is 24.1 Å². The minimum atomic E-state index is 0.482. The van der Waals surface area contributed by atoms with E-state index in [1.807, 2.05) is 0 Å². The van der Waals surface area contributed by atoms with E-state index in [4.69, 9.17) is 12.2 Å². The molecular formula is C16H26N2S. The monoisotopic (exact) mass is 278 g/mol. The molecule has 0 aliphatic rings. The summed E-state index contributed by atoms with van der Waals surface area (Å²) in [7, 11) is 0. The molecule has 1 aromatic carbocycles. The molecule has 1 rings (SSSR count). The van der Waals surface area contributed by atoms with Crippen molar-refractivity contribution < 1.29 is 0 Å². The molecule has 0 radical (unpaired) electrons. The first-order chi connectivity index (χ1) is 8.97. The summed E-state index contributed by atoms with van der Waals surface area (Å²) in [6.07, 6.45) is 1.07. The zero-order chi connectivity index (χ0) is 14.4. The van der Waals surface area contributed by atoms with E-state index in [9.17, 15) is 0 Å². The second kappa shape index (κ2) is 7.49. The van der Waals surface area contributed by atoms with Gasteiger partial charge in [-0.15, -0.1) is 0 Å². The molecule has 0 aromatic heterocycles. The van der Waals surface area contributed by atoms with Crippen molar-refractivity contribution in [2.75, 3.05) is 11.9 Å². The second-order valence-corrected chi connectivity index (χ2v) is 5.91. The Morgan fingerprint density at radius 2 is 1.63 bits per heavy atom. The molecule has 1 aromatic rings. The molecule has 0 bridgehead atoms. The number of hydrogen-bond acceptors (Lipinski definition) is 1. The molecule has 106 valence electrons. The highest BCUT2D eigenvalue weighted by atomic mass is 32.1. The third-order valence-corrected chi connectivity index (χ3v) is 3.39. The van der Waals surface area contributed by atoms with Crippen LogP contribution in [0.2, 0.25) is 0 Å². The Kier molecular flexibility index (Phi) is 6.29. The number of benzene rings is 1. The Hall–Kier alpha value is -1.09. The number of hydrogen-bond donors (Lipinski definition) is 2. The lowest BCUT2D eigenvalue weighted by molar-refractivity contribution is 0.832. The number of rotatable bonds is 5. The molecule has 0 unspecified atom stereocenters. The van der Waals surface area contributed by atoms with Crippen molar-refractivity contribution in [3.8, 4) is 0 Å². The third-order valence-electron chi connectivity index (χ3n) is 3.15. The Bertz CT molecular complexity index is 399. The minimum absolute atomic E-state index is 0.482. The van der Waals surface area contributed by atoms with Gasteiger partial charge in [-0.25, -0.2) is 0 Å². The molecular weight excluding hydrogens is 252 g/mol. The maximum absolute atomic E-state index is 5.37. The van der Waals surface area contributed by atoms with E-state index in [1.165, 1.54) is 16.8 Å². The van der Waals surface area contributed by atoms with Gasteiger partial charge in [0.15, 0.2) is 5.11 Å². The van der Waals surface area contributed by atoms with Crippen molar-refractivity contribution >= 4 is 23.0 Å². The van der Waals surface area contributed by atoms with Gasteiger partial charge in [0.05, 0.1) is 0 Å². The Balaban J connectivity index is 3.04. The summed E-state index contributed by atoms with van der Waals surface area (Å²) in [4.78, 5) is 0. The van der Waals surface area contributed by atoms with E-state index in [0.29, 0.717) is 11.8 Å². The number of anilines is 1. The van der Waals surface area contributed by atoms with Gasteiger partial charge in [0.2, 0.25) is 0 Å². The smallest absolute Gasteiger partial charge is 0.170 e. The van der Waals surface area contributed by atoms with Gasteiger partial charge in [-0.05, 0) is 41.6 Å².